The number of allylic oxidation sites excluding steroid dienone is 10. The Labute approximate surface area is 353 Å². The average molecular weight is 811 g/mol. The van der Waals surface area contributed by atoms with Crippen molar-refractivity contribution < 1.29 is 33.3 Å². The van der Waals surface area contributed by atoms with Crippen LogP contribution in [-0.2, 0) is 28.5 Å². The van der Waals surface area contributed by atoms with Crippen LogP contribution >= 0.6 is 0 Å². The van der Waals surface area contributed by atoms with Crippen molar-refractivity contribution in [2.45, 2.75) is 180 Å². The van der Waals surface area contributed by atoms with Gasteiger partial charge < -0.3 is 24.3 Å². The minimum atomic E-state index is -0.493. The zero-order valence-electron chi connectivity index (χ0n) is 36.7. The Balaban J connectivity index is 1.61. The summed E-state index contributed by atoms with van der Waals surface area (Å²) in [6, 6.07) is 0.569. The summed E-state index contributed by atoms with van der Waals surface area (Å²) in [7, 11) is 0. The molecule has 0 aliphatic carbocycles. The van der Waals surface area contributed by atoms with Gasteiger partial charge in [0, 0.05) is 45.2 Å². The minimum absolute atomic E-state index is 0.00746. The molecule has 2 aliphatic rings. The summed E-state index contributed by atoms with van der Waals surface area (Å²) in [5.74, 6) is -0.962. The number of carbonyl (C=O) groups excluding carboxylic acids is 3. The van der Waals surface area contributed by atoms with Crippen LogP contribution < -0.4 is 5.32 Å². The monoisotopic (exact) mass is 811 g/mol. The number of hydrogen-bond donors (Lipinski definition) is 1. The number of alkyl carbamates (subject to hydrolysis) is 1. The lowest BCUT2D eigenvalue weighted by Crippen LogP contribution is -2.62. The zero-order valence-corrected chi connectivity index (χ0v) is 36.7. The highest BCUT2D eigenvalue weighted by Gasteiger charge is 2.34. The average Bonchev–Trinajstić information content (AvgIpc) is 3.21. The first kappa shape index (κ1) is 51.0. The maximum absolute atomic E-state index is 12.6. The molecular formula is C49H82N2O7. The summed E-state index contributed by atoms with van der Waals surface area (Å²) in [4.78, 5) is 40.2. The number of ether oxygens (including phenoxy) is 4. The zero-order chi connectivity index (χ0) is 41.6. The normalized spacial score (nSPS) is 16.2. The van der Waals surface area contributed by atoms with Gasteiger partial charge in [0.1, 0.15) is 19.8 Å². The summed E-state index contributed by atoms with van der Waals surface area (Å²) < 4.78 is 22.2. The third-order valence-corrected chi connectivity index (χ3v) is 10.7. The highest BCUT2D eigenvalue weighted by Crippen LogP contribution is 2.21. The summed E-state index contributed by atoms with van der Waals surface area (Å²) in [5, 5.41) is 2.95. The number of carbonyl (C=O) groups is 3. The maximum atomic E-state index is 12.6. The number of unbranched alkanes of at least 4 members (excludes halogenated alkanes) is 13. The van der Waals surface area contributed by atoms with Gasteiger partial charge in [0.25, 0.3) is 0 Å². The molecule has 9 nitrogen and oxygen atoms in total. The predicted octanol–water partition coefficient (Wildman–Crippen LogP) is 11.7. The molecule has 0 radical (unpaired) electrons. The van der Waals surface area contributed by atoms with E-state index < -0.39 is 12.0 Å². The Morgan fingerprint density at radius 2 is 1.03 bits per heavy atom. The molecule has 2 rings (SSSR count). The van der Waals surface area contributed by atoms with Crippen molar-refractivity contribution in [3.8, 4) is 0 Å². The standard InChI is InChI=1S/C49H82N2O7/c1-3-5-7-9-11-13-15-17-19-21-23-25-27-29-31-33-47(52)56-41-44(43-58-49(54)50-45-39-51(40-45)46-35-37-55-38-36-46)42-57-48(53)34-32-30-28-26-24-22-20-18-16-14-12-10-8-6-4-2/h5,7,11-14,17-20,44-46H,3-4,6,8-10,15-16,21-43H2,1-2H3,(H,50,54)/b7-5-,13-11-,14-12-,19-17-,20-18-. The number of nitrogens with one attached hydrogen (secondary N) is 1. The van der Waals surface area contributed by atoms with Gasteiger partial charge in [-0.3, -0.25) is 14.5 Å². The van der Waals surface area contributed by atoms with Crippen LogP contribution in [0, 0.1) is 5.92 Å². The summed E-state index contributed by atoms with van der Waals surface area (Å²) in [6.45, 7) is 7.67. The number of hydrogen-bond acceptors (Lipinski definition) is 8. The Morgan fingerprint density at radius 1 is 0.586 bits per heavy atom. The van der Waals surface area contributed by atoms with E-state index in [1.807, 2.05) is 0 Å². The Kier molecular flexibility index (Phi) is 32.4. The van der Waals surface area contributed by atoms with Crippen LogP contribution in [0.2, 0.25) is 0 Å². The van der Waals surface area contributed by atoms with Gasteiger partial charge >= 0.3 is 18.0 Å². The molecule has 0 saturated carbocycles. The summed E-state index contributed by atoms with van der Waals surface area (Å²) in [5.41, 5.74) is 0. The minimum Gasteiger partial charge on any atom is -0.465 e. The molecule has 9 heteroatoms. The first-order valence-electron chi connectivity index (χ1n) is 23.3. The molecule has 1 N–H and O–H groups in total. The molecule has 2 fully saturated rings. The van der Waals surface area contributed by atoms with Gasteiger partial charge in [-0.1, -0.05) is 126 Å². The van der Waals surface area contributed by atoms with Crippen LogP contribution in [0.25, 0.3) is 0 Å². The topological polar surface area (TPSA) is 103 Å². The van der Waals surface area contributed by atoms with E-state index in [2.05, 4.69) is 84.8 Å². The molecule has 1 atom stereocenters. The largest absolute Gasteiger partial charge is 0.465 e. The van der Waals surface area contributed by atoms with E-state index in [1.165, 1.54) is 32.1 Å². The van der Waals surface area contributed by atoms with Gasteiger partial charge in [0.05, 0.1) is 12.0 Å². The summed E-state index contributed by atoms with van der Waals surface area (Å²) >= 11 is 0. The Bertz CT molecular complexity index is 1180. The number of amides is 1. The molecule has 0 bridgehead atoms. The lowest BCUT2D eigenvalue weighted by Gasteiger charge is -2.45. The smallest absolute Gasteiger partial charge is 0.407 e. The van der Waals surface area contributed by atoms with E-state index in [4.69, 9.17) is 18.9 Å². The first-order chi connectivity index (χ1) is 28.5. The van der Waals surface area contributed by atoms with Gasteiger partial charge in [0.2, 0.25) is 0 Å². The Morgan fingerprint density at radius 3 is 1.55 bits per heavy atom. The molecule has 58 heavy (non-hydrogen) atoms. The molecule has 330 valence electrons. The van der Waals surface area contributed by atoms with Gasteiger partial charge in [0.15, 0.2) is 0 Å². The van der Waals surface area contributed by atoms with Crippen LogP contribution in [-0.4, -0.2) is 81.1 Å². The summed E-state index contributed by atoms with van der Waals surface area (Å²) in [6.07, 6.45) is 46.4. The van der Waals surface area contributed by atoms with E-state index in [0.717, 1.165) is 135 Å². The maximum Gasteiger partial charge on any atom is 0.407 e. The molecule has 1 unspecified atom stereocenters. The molecule has 2 saturated heterocycles. The molecule has 0 aromatic carbocycles. The van der Waals surface area contributed by atoms with Gasteiger partial charge in [-0.25, -0.2) is 4.79 Å². The van der Waals surface area contributed by atoms with E-state index in [9.17, 15) is 14.4 Å². The van der Waals surface area contributed by atoms with Crippen molar-refractivity contribution in [2.24, 2.45) is 5.92 Å². The lowest BCUT2D eigenvalue weighted by atomic mass is 10.00. The highest BCUT2D eigenvalue weighted by atomic mass is 16.6. The predicted molar refractivity (Wildman–Crippen MR) is 238 cm³/mol. The quantitative estimate of drug-likeness (QED) is 0.0292. The van der Waals surface area contributed by atoms with Crippen molar-refractivity contribution in [3.05, 3.63) is 60.8 Å². The van der Waals surface area contributed by atoms with Crippen LogP contribution in [0.5, 0.6) is 0 Å². The fourth-order valence-electron chi connectivity index (χ4n) is 7.03. The molecule has 2 heterocycles. The van der Waals surface area contributed by atoms with Crippen LogP contribution in [0.3, 0.4) is 0 Å². The number of likely N-dealkylation sites (tertiary alicyclic amines) is 1. The second-order valence-electron chi connectivity index (χ2n) is 16.1. The molecule has 2 aliphatic heterocycles. The molecule has 1 amide bonds. The number of rotatable bonds is 35. The van der Waals surface area contributed by atoms with Crippen molar-refractivity contribution in [1.82, 2.24) is 10.2 Å². The van der Waals surface area contributed by atoms with Gasteiger partial charge in [-0.15, -0.1) is 0 Å². The lowest BCUT2D eigenvalue weighted by molar-refractivity contribution is -0.150. The van der Waals surface area contributed by atoms with Crippen LogP contribution in [0.15, 0.2) is 60.8 Å². The molecule has 0 aromatic heterocycles. The van der Waals surface area contributed by atoms with E-state index in [-0.39, 0.29) is 37.8 Å². The van der Waals surface area contributed by atoms with Crippen molar-refractivity contribution in [1.29, 1.82) is 0 Å². The van der Waals surface area contributed by atoms with E-state index in [0.29, 0.717) is 18.9 Å². The molecule has 0 spiro atoms. The van der Waals surface area contributed by atoms with Gasteiger partial charge in [-0.05, 0) is 89.9 Å². The molecule has 0 aromatic rings. The van der Waals surface area contributed by atoms with Crippen LogP contribution in [0.1, 0.15) is 168 Å². The molecular weight excluding hydrogens is 729 g/mol. The fraction of sp³-hybridized carbons (Fsp3) is 0.735. The van der Waals surface area contributed by atoms with Crippen molar-refractivity contribution in [2.75, 3.05) is 46.1 Å². The highest BCUT2D eigenvalue weighted by molar-refractivity contribution is 5.70. The van der Waals surface area contributed by atoms with Crippen molar-refractivity contribution >= 4 is 18.0 Å². The third-order valence-electron chi connectivity index (χ3n) is 10.7. The van der Waals surface area contributed by atoms with Crippen LogP contribution in [0.4, 0.5) is 4.79 Å². The van der Waals surface area contributed by atoms with Crippen molar-refractivity contribution in [3.63, 3.8) is 0 Å². The number of esters is 2. The first-order valence-corrected chi connectivity index (χ1v) is 23.3. The van der Waals surface area contributed by atoms with E-state index in [1.54, 1.807) is 0 Å². The van der Waals surface area contributed by atoms with E-state index >= 15 is 0 Å². The Hall–Kier alpha value is -3.17. The second-order valence-corrected chi connectivity index (χ2v) is 16.1. The third kappa shape index (κ3) is 29.1. The SMILES string of the molecule is CC/C=C\C/C=C\C/C=C\CCCCCCCC(=O)OCC(COC(=O)CCCCCCC/C=C\C/C=C\CCCCC)COC(=O)NC1CN(C2CCOCC2)C1. The second kappa shape index (κ2) is 36.9. The van der Waals surface area contributed by atoms with Gasteiger partial charge in [-0.2, -0.15) is 0 Å². The number of nitrogens with zero attached hydrogens (tertiary/aromatic N) is 1. The fourth-order valence-corrected chi connectivity index (χ4v) is 7.03.